The van der Waals surface area contributed by atoms with Gasteiger partial charge in [-0.25, -0.2) is 8.42 Å². The Morgan fingerprint density at radius 1 is 1.05 bits per heavy atom. The first-order valence-electron chi connectivity index (χ1n) is 6.57. The van der Waals surface area contributed by atoms with Crippen molar-refractivity contribution in [2.24, 2.45) is 0 Å². The Morgan fingerprint density at radius 3 is 2.33 bits per heavy atom. The van der Waals surface area contributed by atoms with Gasteiger partial charge in [0.1, 0.15) is 0 Å². The molecule has 2 rings (SSSR count). The van der Waals surface area contributed by atoms with Crippen LogP contribution in [0, 0.1) is 0 Å². The SMILES string of the molecule is CCS(=O)(=O)Nc1ccc(NCc2cccc(Cl)c2)cc1. The minimum absolute atomic E-state index is 0.0573. The topological polar surface area (TPSA) is 58.2 Å². The lowest BCUT2D eigenvalue weighted by atomic mass is 10.2. The lowest BCUT2D eigenvalue weighted by Crippen LogP contribution is -2.14. The molecule has 0 aliphatic carbocycles. The summed E-state index contributed by atoms with van der Waals surface area (Å²) >= 11 is 5.93. The number of anilines is 2. The summed E-state index contributed by atoms with van der Waals surface area (Å²) in [4.78, 5) is 0. The molecule has 0 heterocycles. The Hall–Kier alpha value is -1.72. The Morgan fingerprint density at radius 2 is 1.71 bits per heavy atom. The molecule has 0 radical (unpaired) electrons. The van der Waals surface area contributed by atoms with Gasteiger partial charge in [-0.2, -0.15) is 0 Å². The van der Waals surface area contributed by atoms with Gasteiger partial charge in [0, 0.05) is 22.9 Å². The van der Waals surface area contributed by atoms with Crippen LogP contribution in [-0.2, 0) is 16.6 Å². The van der Waals surface area contributed by atoms with Crippen LogP contribution in [0.25, 0.3) is 0 Å². The Balaban J connectivity index is 1.96. The van der Waals surface area contributed by atoms with Crippen LogP contribution in [0.1, 0.15) is 12.5 Å². The molecular weight excluding hydrogens is 308 g/mol. The van der Waals surface area contributed by atoms with Crippen LogP contribution in [0.3, 0.4) is 0 Å². The average molecular weight is 325 g/mol. The van der Waals surface area contributed by atoms with Gasteiger partial charge in [0.25, 0.3) is 0 Å². The fraction of sp³-hybridized carbons (Fsp3) is 0.200. The second-order valence-corrected chi connectivity index (χ2v) is 7.01. The highest BCUT2D eigenvalue weighted by atomic mass is 35.5. The van der Waals surface area contributed by atoms with E-state index in [4.69, 9.17) is 11.6 Å². The first-order valence-corrected chi connectivity index (χ1v) is 8.60. The minimum Gasteiger partial charge on any atom is -0.381 e. The van der Waals surface area contributed by atoms with Crippen molar-refractivity contribution in [2.45, 2.75) is 13.5 Å². The van der Waals surface area contributed by atoms with Crippen LogP contribution in [0.2, 0.25) is 5.02 Å². The van der Waals surface area contributed by atoms with E-state index in [1.165, 1.54) is 0 Å². The fourth-order valence-corrected chi connectivity index (χ4v) is 2.61. The molecule has 0 saturated carbocycles. The van der Waals surface area contributed by atoms with Gasteiger partial charge in [0.15, 0.2) is 0 Å². The first-order chi connectivity index (χ1) is 9.98. The maximum atomic E-state index is 11.5. The van der Waals surface area contributed by atoms with E-state index >= 15 is 0 Å². The van der Waals surface area contributed by atoms with Crippen LogP contribution in [0.15, 0.2) is 48.5 Å². The van der Waals surface area contributed by atoms with Crippen LogP contribution >= 0.6 is 11.6 Å². The summed E-state index contributed by atoms with van der Waals surface area (Å²) in [5.74, 6) is 0.0573. The van der Waals surface area contributed by atoms with Crippen molar-refractivity contribution in [2.75, 3.05) is 15.8 Å². The first kappa shape index (κ1) is 15.7. The van der Waals surface area contributed by atoms with E-state index in [0.717, 1.165) is 11.3 Å². The van der Waals surface area contributed by atoms with E-state index in [0.29, 0.717) is 17.3 Å². The second kappa shape index (κ2) is 6.83. The van der Waals surface area contributed by atoms with Gasteiger partial charge in [-0.05, 0) is 48.9 Å². The van der Waals surface area contributed by atoms with Gasteiger partial charge in [-0.15, -0.1) is 0 Å². The zero-order valence-electron chi connectivity index (χ0n) is 11.6. The lowest BCUT2D eigenvalue weighted by molar-refractivity contribution is 0.602. The maximum Gasteiger partial charge on any atom is 0.232 e. The zero-order chi connectivity index (χ0) is 15.3. The van der Waals surface area contributed by atoms with Gasteiger partial charge < -0.3 is 5.32 Å². The summed E-state index contributed by atoms with van der Waals surface area (Å²) in [5, 5.41) is 3.96. The molecule has 6 heteroatoms. The van der Waals surface area contributed by atoms with Gasteiger partial charge in [0.05, 0.1) is 5.75 Å². The van der Waals surface area contributed by atoms with E-state index in [2.05, 4.69) is 10.0 Å². The minimum atomic E-state index is -3.23. The highest BCUT2D eigenvalue weighted by molar-refractivity contribution is 7.92. The molecule has 0 saturated heterocycles. The molecule has 0 unspecified atom stereocenters. The summed E-state index contributed by atoms with van der Waals surface area (Å²) in [7, 11) is -3.23. The van der Waals surface area contributed by atoms with Crippen LogP contribution < -0.4 is 10.0 Å². The highest BCUT2D eigenvalue weighted by Gasteiger charge is 2.06. The number of sulfonamides is 1. The number of benzene rings is 2. The van der Waals surface area contributed by atoms with Crippen molar-refractivity contribution < 1.29 is 8.42 Å². The molecule has 0 atom stereocenters. The number of hydrogen-bond donors (Lipinski definition) is 2. The standard InChI is InChI=1S/C15H17ClN2O2S/c1-2-21(19,20)18-15-8-6-14(7-9-15)17-11-12-4-3-5-13(16)10-12/h3-10,17-18H,2,11H2,1H3. The Kier molecular flexibility index (Phi) is 5.09. The predicted molar refractivity (Wildman–Crippen MR) is 88.3 cm³/mol. The number of halogens is 1. The maximum absolute atomic E-state index is 11.5. The third-order valence-corrected chi connectivity index (χ3v) is 4.47. The van der Waals surface area contributed by atoms with Crippen molar-refractivity contribution in [3.05, 3.63) is 59.1 Å². The molecule has 0 fully saturated rings. The molecule has 2 aromatic carbocycles. The zero-order valence-corrected chi connectivity index (χ0v) is 13.2. The molecule has 0 spiro atoms. The molecule has 4 nitrogen and oxygen atoms in total. The van der Waals surface area contributed by atoms with E-state index in [1.807, 2.05) is 36.4 Å². The van der Waals surface area contributed by atoms with Crippen molar-refractivity contribution in [3.8, 4) is 0 Å². The van der Waals surface area contributed by atoms with Gasteiger partial charge in [-0.3, -0.25) is 4.72 Å². The van der Waals surface area contributed by atoms with Crippen molar-refractivity contribution >= 4 is 33.0 Å². The number of hydrogen-bond acceptors (Lipinski definition) is 3. The van der Waals surface area contributed by atoms with E-state index in [9.17, 15) is 8.42 Å². The summed E-state index contributed by atoms with van der Waals surface area (Å²) in [5.41, 5.74) is 2.55. The van der Waals surface area contributed by atoms with Crippen LogP contribution in [0.5, 0.6) is 0 Å². The highest BCUT2D eigenvalue weighted by Crippen LogP contribution is 2.17. The molecular formula is C15H17ClN2O2S. The Labute approximate surface area is 130 Å². The van der Waals surface area contributed by atoms with E-state index in [1.54, 1.807) is 19.1 Å². The fourth-order valence-electron chi connectivity index (χ4n) is 1.76. The lowest BCUT2D eigenvalue weighted by Gasteiger charge is -2.09. The molecule has 0 amide bonds. The van der Waals surface area contributed by atoms with Gasteiger partial charge in [-0.1, -0.05) is 23.7 Å². The molecule has 0 aliphatic heterocycles. The van der Waals surface area contributed by atoms with E-state index in [-0.39, 0.29) is 5.75 Å². The van der Waals surface area contributed by atoms with Gasteiger partial charge in [0.2, 0.25) is 10.0 Å². The van der Waals surface area contributed by atoms with Gasteiger partial charge >= 0.3 is 0 Å². The smallest absolute Gasteiger partial charge is 0.232 e. The normalized spacial score (nSPS) is 11.1. The average Bonchev–Trinajstić information content (AvgIpc) is 2.46. The molecule has 0 aliphatic rings. The largest absolute Gasteiger partial charge is 0.381 e. The van der Waals surface area contributed by atoms with Crippen molar-refractivity contribution in [1.29, 1.82) is 0 Å². The molecule has 0 aromatic heterocycles. The van der Waals surface area contributed by atoms with Crippen LogP contribution in [-0.4, -0.2) is 14.2 Å². The number of rotatable bonds is 6. The van der Waals surface area contributed by atoms with E-state index < -0.39 is 10.0 Å². The molecule has 2 N–H and O–H groups in total. The quantitative estimate of drug-likeness (QED) is 0.851. The van der Waals surface area contributed by atoms with Crippen molar-refractivity contribution in [3.63, 3.8) is 0 Å². The monoisotopic (exact) mass is 324 g/mol. The summed E-state index contributed by atoms with van der Waals surface area (Å²) in [6, 6.07) is 14.7. The molecule has 21 heavy (non-hydrogen) atoms. The third-order valence-electron chi connectivity index (χ3n) is 2.92. The summed E-state index contributed by atoms with van der Waals surface area (Å²) in [6.45, 7) is 2.25. The predicted octanol–water partition coefficient (Wildman–Crippen LogP) is 3.71. The number of nitrogens with one attached hydrogen (secondary N) is 2. The van der Waals surface area contributed by atoms with Crippen LogP contribution in [0.4, 0.5) is 11.4 Å². The Bertz CT molecular complexity index is 700. The second-order valence-electron chi connectivity index (χ2n) is 4.57. The summed E-state index contributed by atoms with van der Waals surface area (Å²) < 4.78 is 25.4. The molecule has 0 bridgehead atoms. The molecule has 112 valence electrons. The third kappa shape index (κ3) is 4.95. The molecule has 2 aromatic rings. The summed E-state index contributed by atoms with van der Waals surface area (Å²) in [6.07, 6.45) is 0. The van der Waals surface area contributed by atoms with Crippen molar-refractivity contribution in [1.82, 2.24) is 0 Å².